The van der Waals surface area contributed by atoms with Gasteiger partial charge in [-0.2, -0.15) is 0 Å². The Morgan fingerprint density at radius 1 is 1.25 bits per heavy atom. The van der Waals surface area contributed by atoms with E-state index in [0.717, 1.165) is 18.4 Å². The Kier molecular flexibility index (Phi) is 3.39. The highest BCUT2D eigenvalue weighted by Crippen LogP contribution is 2.16. The van der Waals surface area contributed by atoms with E-state index in [-0.39, 0.29) is 0 Å². The number of para-hydroxylation sites is 1. The summed E-state index contributed by atoms with van der Waals surface area (Å²) in [4.78, 5) is 0. The van der Waals surface area contributed by atoms with Crippen molar-refractivity contribution in [3.8, 4) is 5.75 Å². The Bertz CT molecular complexity index is 263. The molecule has 0 atom stereocenters. The van der Waals surface area contributed by atoms with Crippen LogP contribution in [0.1, 0.15) is 18.9 Å². The fraction of sp³-hybridized carbons (Fsp3) is 0.273. The number of rotatable bonds is 3. The van der Waals surface area contributed by atoms with Crippen molar-refractivity contribution < 1.29 is 5.11 Å². The summed E-state index contributed by atoms with van der Waals surface area (Å²) < 4.78 is 0. The topological polar surface area (TPSA) is 20.2 Å². The zero-order valence-electron chi connectivity index (χ0n) is 7.33. The summed E-state index contributed by atoms with van der Waals surface area (Å²) >= 11 is 0. The highest BCUT2D eigenvalue weighted by molar-refractivity contribution is 5.33. The van der Waals surface area contributed by atoms with Gasteiger partial charge in [0.15, 0.2) is 0 Å². The van der Waals surface area contributed by atoms with Crippen LogP contribution in [0.2, 0.25) is 0 Å². The molecule has 0 amide bonds. The maximum Gasteiger partial charge on any atom is 0.119 e. The van der Waals surface area contributed by atoms with Crippen molar-refractivity contribution in [1.82, 2.24) is 0 Å². The molecule has 12 heavy (non-hydrogen) atoms. The minimum Gasteiger partial charge on any atom is -0.508 e. The molecule has 0 aromatic heterocycles. The second kappa shape index (κ2) is 4.60. The van der Waals surface area contributed by atoms with Gasteiger partial charge in [-0.25, -0.2) is 0 Å². The van der Waals surface area contributed by atoms with Crippen LogP contribution >= 0.6 is 0 Å². The van der Waals surface area contributed by atoms with E-state index in [1.807, 2.05) is 18.2 Å². The predicted octanol–water partition coefficient (Wildman–Crippen LogP) is 2.90. The molecule has 0 spiro atoms. The SMILES string of the molecule is CC/C=C/Cc1ccccc1O. The largest absolute Gasteiger partial charge is 0.508 e. The average Bonchev–Trinajstić information content (AvgIpc) is 2.09. The maximum absolute atomic E-state index is 9.38. The molecule has 0 unspecified atom stereocenters. The molecular weight excluding hydrogens is 148 g/mol. The quantitative estimate of drug-likeness (QED) is 0.677. The van der Waals surface area contributed by atoms with Gasteiger partial charge in [-0.05, 0) is 24.5 Å². The van der Waals surface area contributed by atoms with Crippen LogP contribution in [0.4, 0.5) is 0 Å². The number of aromatic hydroxyl groups is 1. The van der Waals surface area contributed by atoms with Crippen LogP contribution in [0, 0.1) is 0 Å². The fourth-order valence-corrected chi connectivity index (χ4v) is 1.06. The number of phenols is 1. The van der Waals surface area contributed by atoms with E-state index in [2.05, 4.69) is 19.1 Å². The standard InChI is InChI=1S/C11H14O/c1-2-3-4-7-10-8-5-6-9-11(10)12/h3-6,8-9,12H,2,7H2,1H3/b4-3+. The third kappa shape index (κ3) is 2.42. The molecule has 0 saturated carbocycles. The molecule has 0 heterocycles. The average molecular weight is 162 g/mol. The number of phenolic OH excluding ortho intramolecular Hbond substituents is 1. The third-order valence-electron chi connectivity index (χ3n) is 1.73. The number of hydrogen-bond donors (Lipinski definition) is 1. The lowest BCUT2D eigenvalue weighted by molar-refractivity contribution is 0.469. The minimum absolute atomic E-state index is 0.387. The van der Waals surface area contributed by atoms with Gasteiger partial charge in [0, 0.05) is 0 Å². The maximum atomic E-state index is 9.38. The van der Waals surface area contributed by atoms with Crippen LogP contribution in [-0.2, 0) is 6.42 Å². The van der Waals surface area contributed by atoms with Crippen molar-refractivity contribution in [3.63, 3.8) is 0 Å². The van der Waals surface area contributed by atoms with Gasteiger partial charge in [0.05, 0.1) is 0 Å². The highest BCUT2D eigenvalue weighted by atomic mass is 16.3. The van der Waals surface area contributed by atoms with Crippen LogP contribution in [0.5, 0.6) is 5.75 Å². The molecule has 0 bridgehead atoms. The van der Waals surface area contributed by atoms with E-state index in [1.165, 1.54) is 0 Å². The number of hydrogen-bond acceptors (Lipinski definition) is 1. The van der Waals surface area contributed by atoms with Crippen LogP contribution < -0.4 is 0 Å². The predicted molar refractivity (Wildman–Crippen MR) is 51.2 cm³/mol. The summed E-state index contributed by atoms with van der Waals surface area (Å²) in [6.45, 7) is 2.10. The lowest BCUT2D eigenvalue weighted by Gasteiger charge is -1.98. The first-order valence-electron chi connectivity index (χ1n) is 4.26. The van der Waals surface area contributed by atoms with Crippen molar-refractivity contribution >= 4 is 0 Å². The van der Waals surface area contributed by atoms with E-state index >= 15 is 0 Å². The number of benzene rings is 1. The molecule has 64 valence electrons. The molecule has 1 heteroatoms. The lowest BCUT2D eigenvalue weighted by Crippen LogP contribution is -1.80. The summed E-state index contributed by atoms with van der Waals surface area (Å²) in [5.74, 6) is 0.387. The Morgan fingerprint density at radius 2 is 2.00 bits per heavy atom. The van der Waals surface area contributed by atoms with Gasteiger partial charge in [-0.15, -0.1) is 0 Å². The molecule has 1 N–H and O–H groups in total. The van der Waals surface area contributed by atoms with Gasteiger partial charge in [0.25, 0.3) is 0 Å². The molecule has 0 aliphatic rings. The second-order valence-corrected chi connectivity index (χ2v) is 2.71. The molecule has 0 radical (unpaired) electrons. The first kappa shape index (κ1) is 8.85. The van der Waals surface area contributed by atoms with Crippen molar-refractivity contribution in [2.24, 2.45) is 0 Å². The molecular formula is C11H14O. The first-order valence-corrected chi connectivity index (χ1v) is 4.26. The van der Waals surface area contributed by atoms with Gasteiger partial charge < -0.3 is 5.11 Å². The molecule has 0 saturated heterocycles. The highest BCUT2D eigenvalue weighted by Gasteiger charge is 1.94. The van der Waals surface area contributed by atoms with E-state index < -0.39 is 0 Å². The van der Waals surface area contributed by atoms with Crippen LogP contribution in [0.15, 0.2) is 36.4 Å². The molecule has 1 nitrogen and oxygen atoms in total. The summed E-state index contributed by atoms with van der Waals surface area (Å²) in [5, 5.41) is 9.38. The monoisotopic (exact) mass is 162 g/mol. The van der Waals surface area contributed by atoms with E-state index in [1.54, 1.807) is 6.07 Å². The van der Waals surface area contributed by atoms with Gasteiger partial charge in [-0.1, -0.05) is 37.3 Å². The minimum atomic E-state index is 0.387. The molecule has 1 aromatic rings. The summed E-state index contributed by atoms with van der Waals surface area (Å²) in [6, 6.07) is 7.43. The van der Waals surface area contributed by atoms with Gasteiger partial charge in [-0.3, -0.25) is 0 Å². The summed E-state index contributed by atoms with van der Waals surface area (Å²) in [5.41, 5.74) is 0.988. The van der Waals surface area contributed by atoms with Gasteiger partial charge in [0.1, 0.15) is 5.75 Å². The molecule has 0 aliphatic heterocycles. The Hall–Kier alpha value is -1.24. The fourth-order valence-electron chi connectivity index (χ4n) is 1.06. The second-order valence-electron chi connectivity index (χ2n) is 2.71. The van der Waals surface area contributed by atoms with Crippen molar-refractivity contribution in [3.05, 3.63) is 42.0 Å². The summed E-state index contributed by atoms with van der Waals surface area (Å²) in [7, 11) is 0. The van der Waals surface area contributed by atoms with E-state index in [4.69, 9.17) is 0 Å². The molecule has 1 aromatic carbocycles. The smallest absolute Gasteiger partial charge is 0.119 e. The summed E-state index contributed by atoms with van der Waals surface area (Å²) in [6.07, 6.45) is 6.05. The van der Waals surface area contributed by atoms with Crippen LogP contribution in [-0.4, -0.2) is 5.11 Å². The van der Waals surface area contributed by atoms with E-state index in [9.17, 15) is 5.11 Å². The Balaban J connectivity index is 2.63. The van der Waals surface area contributed by atoms with Gasteiger partial charge >= 0.3 is 0 Å². The Labute approximate surface area is 73.4 Å². The molecule has 0 aliphatic carbocycles. The van der Waals surface area contributed by atoms with Gasteiger partial charge in [0.2, 0.25) is 0 Å². The van der Waals surface area contributed by atoms with Crippen molar-refractivity contribution in [2.75, 3.05) is 0 Å². The number of allylic oxidation sites excluding steroid dienone is 2. The first-order chi connectivity index (χ1) is 5.84. The zero-order valence-corrected chi connectivity index (χ0v) is 7.33. The normalized spacial score (nSPS) is 10.8. The lowest BCUT2D eigenvalue weighted by atomic mass is 10.1. The molecule has 0 fully saturated rings. The molecule has 1 rings (SSSR count). The van der Waals surface area contributed by atoms with E-state index in [0.29, 0.717) is 5.75 Å². The third-order valence-corrected chi connectivity index (χ3v) is 1.73. The van der Waals surface area contributed by atoms with Crippen LogP contribution in [0.3, 0.4) is 0 Å². The van der Waals surface area contributed by atoms with Crippen molar-refractivity contribution in [1.29, 1.82) is 0 Å². The zero-order chi connectivity index (χ0) is 8.81. The van der Waals surface area contributed by atoms with Crippen LogP contribution in [0.25, 0.3) is 0 Å². The Morgan fingerprint density at radius 3 is 2.67 bits per heavy atom. The van der Waals surface area contributed by atoms with Crippen molar-refractivity contribution in [2.45, 2.75) is 19.8 Å².